The van der Waals surface area contributed by atoms with E-state index in [0.29, 0.717) is 75.5 Å². The molecule has 0 aliphatic carbocycles. The Kier molecular flexibility index (Phi) is 22.9. The van der Waals surface area contributed by atoms with Gasteiger partial charge in [-0.15, -0.1) is 34.5 Å². The number of halogens is 2. The molecule has 0 bridgehead atoms. The average molecular weight is 1290 g/mol. The number of rotatable bonds is 26. The molecule has 0 saturated heterocycles. The van der Waals surface area contributed by atoms with Gasteiger partial charge in [-0.05, 0) is 96.3 Å². The van der Waals surface area contributed by atoms with Gasteiger partial charge in [0.25, 0.3) is 11.8 Å². The molecule has 6 aromatic rings. The molecule has 478 valence electrons. The Morgan fingerprint density at radius 2 is 1.22 bits per heavy atom. The number of hydrogen-bond acceptors (Lipinski definition) is 14. The molecule has 0 fully saturated rings. The van der Waals surface area contributed by atoms with E-state index < -0.39 is 65.9 Å². The van der Waals surface area contributed by atoms with Gasteiger partial charge in [-0.25, -0.2) is 14.4 Å². The summed E-state index contributed by atoms with van der Waals surface area (Å²) in [6.07, 6.45) is 0.418. The summed E-state index contributed by atoms with van der Waals surface area (Å²) in [5.41, 5.74) is 14.5. The van der Waals surface area contributed by atoms with Crippen molar-refractivity contribution in [1.29, 1.82) is 0 Å². The predicted molar refractivity (Wildman–Crippen MR) is 347 cm³/mol. The number of primary amides is 1. The number of hydrogen-bond donors (Lipinski definition) is 8. The first-order valence-corrected chi connectivity index (χ1v) is 31.5. The van der Waals surface area contributed by atoms with Crippen molar-refractivity contribution in [2.75, 3.05) is 80.2 Å². The van der Waals surface area contributed by atoms with E-state index in [9.17, 15) is 48.3 Å². The summed E-state index contributed by atoms with van der Waals surface area (Å²) in [4.78, 5) is 126. The zero-order valence-electron chi connectivity index (χ0n) is 50.6. The fourth-order valence-electron chi connectivity index (χ4n) is 11.1. The minimum atomic E-state index is -1.12. The van der Waals surface area contributed by atoms with Crippen LogP contribution >= 0.6 is 34.5 Å². The van der Waals surface area contributed by atoms with Crippen molar-refractivity contribution in [1.82, 2.24) is 31.1 Å². The van der Waals surface area contributed by atoms with Crippen molar-refractivity contribution in [3.05, 3.63) is 124 Å². The molecule has 10 amide bonds. The largest absolute Gasteiger partial charge is 0.507 e. The van der Waals surface area contributed by atoms with E-state index in [0.717, 1.165) is 33.2 Å². The van der Waals surface area contributed by atoms with Crippen molar-refractivity contribution >= 4 is 127 Å². The summed E-state index contributed by atoms with van der Waals surface area (Å²) in [5.74, 6) is -3.10. The molecule has 2 aliphatic rings. The zero-order valence-corrected chi connectivity index (χ0v) is 53.0. The number of nitrogens with one attached hydrogen (secondary N) is 5. The van der Waals surface area contributed by atoms with Gasteiger partial charge < -0.3 is 72.2 Å². The third-order valence-corrected chi connectivity index (χ3v) is 17.6. The molecule has 2 aliphatic heterocycles. The van der Waals surface area contributed by atoms with Gasteiger partial charge in [-0.3, -0.25) is 28.8 Å². The Bertz CT molecular complexity index is 3660. The van der Waals surface area contributed by atoms with Gasteiger partial charge >= 0.3 is 18.2 Å². The lowest BCUT2D eigenvalue weighted by Crippen LogP contribution is -2.57. The first-order valence-electron chi connectivity index (χ1n) is 29.6. The number of anilines is 3. The van der Waals surface area contributed by atoms with E-state index in [1.54, 1.807) is 72.2 Å². The number of urea groups is 1. The molecule has 10 N–H and O–H groups in total. The van der Waals surface area contributed by atoms with Crippen LogP contribution in [-0.4, -0.2) is 152 Å². The van der Waals surface area contributed by atoms with Gasteiger partial charge in [0.1, 0.15) is 36.2 Å². The third kappa shape index (κ3) is 16.0. The van der Waals surface area contributed by atoms with Crippen LogP contribution in [0.5, 0.6) is 11.5 Å². The SMILES string of the molecule is CC(=O)N[C@@H](CCCCN)C(=O)N[C@H](C(=O)N[C@@H](CCCNC(N)=O)C(=O)Nc1ccc(COC(=O)N(C)CCN(C)C(=O)Oc2cc3c(c4ccccc24)[C@H](CCl)CN3C(=O)c2ccc(C(=O)N3C[C@@H](CCl)c4c3cc(O)c3ccccc43)s2)cc1)C(C)C. The molecule has 0 radical (unpaired) electrons. The first kappa shape index (κ1) is 67.2. The van der Waals surface area contributed by atoms with Crippen LogP contribution in [0.25, 0.3) is 21.5 Å². The average Bonchev–Trinajstić information content (AvgIpc) is 1.78. The molecule has 26 heteroatoms. The van der Waals surface area contributed by atoms with Gasteiger partial charge in [-0.2, -0.15) is 0 Å². The van der Waals surface area contributed by atoms with Crippen LogP contribution in [0.3, 0.4) is 0 Å². The van der Waals surface area contributed by atoms with Crippen LogP contribution in [0.2, 0.25) is 0 Å². The number of carbonyl (C=O) groups is 9. The van der Waals surface area contributed by atoms with Crippen LogP contribution in [0.1, 0.15) is 101 Å². The number of fused-ring (bicyclic) bond motifs is 6. The van der Waals surface area contributed by atoms with Gasteiger partial charge in [0, 0.05) is 106 Å². The summed E-state index contributed by atoms with van der Waals surface area (Å²) in [6.45, 7) is 5.74. The Morgan fingerprint density at radius 1 is 0.678 bits per heavy atom. The van der Waals surface area contributed by atoms with Crippen LogP contribution < -0.4 is 52.6 Å². The highest BCUT2D eigenvalue weighted by Crippen LogP contribution is 2.48. The summed E-state index contributed by atoms with van der Waals surface area (Å²) >= 11 is 14.1. The number of thiophene rings is 1. The predicted octanol–water partition coefficient (Wildman–Crippen LogP) is 8.07. The van der Waals surface area contributed by atoms with E-state index in [1.807, 2.05) is 48.5 Å². The Hall–Kier alpha value is -8.71. The topological polar surface area (TPSA) is 317 Å². The molecule has 0 saturated carbocycles. The third-order valence-electron chi connectivity index (χ3n) is 15.8. The number of ether oxygens (including phenoxy) is 2. The molecule has 90 heavy (non-hydrogen) atoms. The number of nitrogens with zero attached hydrogens (tertiary/aromatic N) is 4. The Labute approximate surface area is 535 Å². The summed E-state index contributed by atoms with van der Waals surface area (Å²) in [7, 11) is 3.03. The molecule has 0 spiro atoms. The summed E-state index contributed by atoms with van der Waals surface area (Å²) < 4.78 is 11.6. The second kappa shape index (κ2) is 30.7. The maximum absolute atomic E-state index is 14.6. The molecule has 5 aromatic carbocycles. The Balaban J connectivity index is 0.858. The number of likely N-dealkylation sites (N-methyl/N-ethyl adjacent to an activating group) is 2. The fourth-order valence-corrected chi connectivity index (χ4v) is 12.5. The quantitative estimate of drug-likeness (QED) is 0.0188. The number of unbranched alkanes of at least 4 members (excludes halogenated alkanes) is 1. The van der Waals surface area contributed by atoms with E-state index in [2.05, 4.69) is 26.6 Å². The standard InChI is InChI=1S/C64H75Cl2N11O12S/c1-36(2)56(73-58(81)46(70-37(3)78)17-10-11-25-67)59(82)72-47(18-12-26-69-62(68)85)57(80)71-41-21-19-38(20-22-41)35-88-63(86)74(4)27-28-75(5)64(87)89-51-30-49-55(45-16-9-7-14-43(45)51)40(32-66)34-77(49)61(84)53-24-23-52(90-53)60(83)76-33-39(31-65)54-44-15-8-6-13-42(44)50(79)29-48(54)76/h6-9,13-16,19-24,29-30,36,39-40,46-47,56,79H,10-12,17-18,25-28,31-35,67H2,1-5H3,(H,70,78)(H,71,80)(H,72,82)(H,73,81)(H3,68,69,85)/t39-,40-,46+,47+,56+/m1/s1. The number of benzene rings is 5. The number of nitrogens with two attached hydrogens (primary N) is 2. The highest BCUT2D eigenvalue weighted by atomic mass is 35.5. The van der Waals surface area contributed by atoms with Crippen LogP contribution in [-0.2, 0) is 30.5 Å². The van der Waals surface area contributed by atoms with Crippen LogP contribution in [0, 0.1) is 5.92 Å². The maximum Gasteiger partial charge on any atom is 0.415 e. The van der Waals surface area contributed by atoms with Crippen molar-refractivity contribution in [2.24, 2.45) is 17.4 Å². The molecule has 5 atom stereocenters. The van der Waals surface area contributed by atoms with Crippen molar-refractivity contribution in [3.8, 4) is 11.5 Å². The number of phenolic OH excluding ortho intramolecular Hbond substituents is 1. The normalized spacial score (nSPS) is 15.1. The lowest BCUT2D eigenvalue weighted by Gasteiger charge is -2.27. The smallest absolute Gasteiger partial charge is 0.415 e. The Morgan fingerprint density at radius 3 is 1.79 bits per heavy atom. The maximum atomic E-state index is 14.6. The van der Waals surface area contributed by atoms with Crippen LogP contribution in [0.4, 0.5) is 31.4 Å². The number of alkyl halides is 2. The second-order valence-corrected chi connectivity index (χ2v) is 24.3. The molecule has 23 nitrogen and oxygen atoms in total. The first-order chi connectivity index (χ1) is 43.1. The fraction of sp³-hybridized carbons (Fsp3) is 0.391. The van der Waals surface area contributed by atoms with Gasteiger partial charge in [0.05, 0.1) is 21.1 Å². The highest BCUT2D eigenvalue weighted by molar-refractivity contribution is 7.16. The lowest BCUT2D eigenvalue weighted by atomic mass is 9.95. The minimum Gasteiger partial charge on any atom is -0.507 e. The van der Waals surface area contributed by atoms with Gasteiger partial charge in [0.2, 0.25) is 23.6 Å². The molecular formula is C64H75Cl2N11O12S. The summed E-state index contributed by atoms with van der Waals surface area (Å²) in [6, 6.07) is 23.9. The van der Waals surface area contributed by atoms with Crippen molar-refractivity contribution < 1.29 is 57.7 Å². The monoisotopic (exact) mass is 1290 g/mol. The molecule has 8 rings (SSSR count). The molecular weight excluding hydrogens is 1220 g/mol. The van der Waals surface area contributed by atoms with E-state index in [4.69, 9.17) is 44.1 Å². The van der Waals surface area contributed by atoms with E-state index in [-0.39, 0.29) is 92.5 Å². The number of phenols is 1. The van der Waals surface area contributed by atoms with Gasteiger partial charge in [-0.1, -0.05) is 74.5 Å². The second-order valence-electron chi connectivity index (χ2n) is 22.6. The summed E-state index contributed by atoms with van der Waals surface area (Å²) in [5, 5.41) is 27.2. The van der Waals surface area contributed by atoms with Crippen molar-refractivity contribution in [3.63, 3.8) is 0 Å². The molecule has 1 aromatic heterocycles. The van der Waals surface area contributed by atoms with Crippen LogP contribution in [0.15, 0.2) is 97.1 Å². The van der Waals surface area contributed by atoms with E-state index in [1.165, 1.54) is 30.8 Å². The number of carbonyl (C=O) groups excluding carboxylic acids is 9. The number of aromatic hydroxyl groups is 1. The molecule has 3 heterocycles. The molecule has 0 unspecified atom stereocenters. The number of amides is 10. The van der Waals surface area contributed by atoms with Crippen molar-refractivity contribution in [2.45, 2.75) is 89.4 Å². The highest BCUT2D eigenvalue weighted by Gasteiger charge is 2.39. The lowest BCUT2D eigenvalue weighted by molar-refractivity contribution is -0.133. The zero-order chi connectivity index (χ0) is 64.9. The van der Waals surface area contributed by atoms with E-state index >= 15 is 0 Å². The van der Waals surface area contributed by atoms with Gasteiger partial charge in [0.15, 0.2) is 0 Å². The minimum absolute atomic E-state index is 0.0396.